The standard InChI is InChI=1S/C28H31N3O5/c1-4-33-26(32)16-15-23-18-31(30-28(23)34-5-2)17-22-13-9-10-14-25(22)35-19-24-20(3)36-27(29-24)21-11-7-6-8-12-21/h6-14,18H,4-5,15-17,19H2,1-3H3. The van der Waals surface area contributed by atoms with Crippen LogP contribution in [0, 0.1) is 6.92 Å². The van der Waals surface area contributed by atoms with E-state index in [4.69, 9.17) is 18.6 Å². The van der Waals surface area contributed by atoms with Gasteiger partial charge >= 0.3 is 5.97 Å². The molecule has 188 valence electrons. The highest BCUT2D eigenvalue weighted by atomic mass is 16.5. The van der Waals surface area contributed by atoms with Crippen LogP contribution in [-0.4, -0.2) is 33.9 Å². The Labute approximate surface area is 210 Å². The minimum Gasteiger partial charge on any atom is -0.487 e. The fraction of sp³-hybridized carbons (Fsp3) is 0.321. The average Bonchev–Trinajstić information content (AvgIpc) is 3.45. The number of carbonyl (C=O) groups excluding carboxylic acids is 1. The molecule has 0 fully saturated rings. The van der Waals surface area contributed by atoms with Crippen LogP contribution >= 0.6 is 0 Å². The zero-order valence-electron chi connectivity index (χ0n) is 20.9. The van der Waals surface area contributed by atoms with Crippen LogP contribution in [-0.2, 0) is 29.1 Å². The van der Waals surface area contributed by atoms with E-state index in [2.05, 4.69) is 10.1 Å². The molecule has 2 aromatic carbocycles. The Kier molecular flexibility index (Phi) is 8.39. The molecule has 0 unspecified atom stereocenters. The molecule has 0 radical (unpaired) electrons. The molecular formula is C28H31N3O5. The molecule has 4 aromatic rings. The first-order valence-corrected chi connectivity index (χ1v) is 12.1. The summed E-state index contributed by atoms with van der Waals surface area (Å²) in [5, 5.41) is 4.59. The number of carbonyl (C=O) groups is 1. The van der Waals surface area contributed by atoms with Gasteiger partial charge in [0, 0.05) is 29.3 Å². The summed E-state index contributed by atoms with van der Waals surface area (Å²) in [6, 6.07) is 17.6. The summed E-state index contributed by atoms with van der Waals surface area (Å²) >= 11 is 0. The number of ether oxygens (including phenoxy) is 3. The van der Waals surface area contributed by atoms with Crippen LogP contribution in [0.1, 0.15) is 42.8 Å². The molecule has 0 bridgehead atoms. The first-order chi connectivity index (χ1) is 17.6. The van der Waals surface area contributed by atoms with Gasteiger partial charge in [0.15, 0.2) is 0 Å². The maximum absolute atomic E-state index is 11.8. The van der Waals surface area contributed by atoms with E-state index >= 15 is 0 Å². The fourth-order valence-corrected chi connectivity index (χ4v) is 3.79. The predicted octanol–water partition coefficient (Wildman–Crippen LogP) is 5.37. The molecule has 0 N–H and O–H groups in total. The number of aryl methyl sites for hydroxylation is 2. The van der Waals surface area contributed by atoms with Gasteiger partial charge in [-0.15, -0.1) is 5.10 Å². The highest BCUT2D eigenvalue weighted by Crippen LogP contribution is 2.26. The van der Waals surface area contributed by atoms with Gasteiger partial charge in [-0.2, -0.15) is 0 Å². The summed E-state index contributed by atoms with van der Waals surface area (Å²) in [7, 11) is 0. The summed E-state index contributed by atoms with van der Waals surface area (Å²) in [6.07, 6.45) is 2.69. The maximum Gasteiger partial charge on any atom is 0.306 e. The molecule has 2 heterocycles. The smallest absolute Gasteiger partial charge is 0.306 e. The molecule has 2 aromatic heterocycles. The Morgan fingerprint density at radius 3 is 2.53 bits per heavy atom. The molecule has 0 saturated heterocycles. The van der Waals surface area contributed by atoms with Crippen molar-refractivity contribution in [3.63, 3.8) is 0 Å². The van der Waals surface area contributed by atoms with Gasteiger partial charge < -0.3 is 18.6 Å². The minimum absolute atomic E-state index is 0.231. The van der Waals surface area contributed by atoms with Crippen molar-refractivity contribution >= 4 is 5.97 Å². The van der Waals surface area contributed by atoms with Crippen molar-refractivity contribution in [2.75, 3.05) is 13.2 Å². The largest absolute Gasteiger partial charge is 0.487 e. The van der Waals surface area contributed by atoms with Crippen LogP contribution in [0.25, 0.3) is 11.5 Å². The maximum atomic E-state index is 11.8. The van der Waals surface area contributed by atoms with Crippen molar-refractivity contribution in [3.05, 3.63) is 83.4 Å². The molecule has 0 spiro atoms. The normalized spacial score (nSPS) is 10.9. The summed E-state index contributed by atoms with van der Waals surface area (Å²) in [5.74, 6) is 2.35. The number of oxazole rings is 1. The van der Waals surface area contributed by atoms with Gasteiger partial charge in [0.2, 0.25) is 11.8 Å². The second-order valence-electron chi connectivity index (χ2n) is 8.18. The molecule has 8 nitrogen and oxygen atoms in total. The Morgan fingerprint density at radius 1 is 0.972 bits per heavy atom. The number of esters is 1. The zero-order valence-corrected chi connectivity index (χ0v) is 20.9. The van der Waals surface area contributed by atoms with Crippen molar-refractivity contribution < 1.29 is 23.4 Å². The van der Waals surface area contributed by atoms with Gasteiger partial charge in [-0.25, -0.2) is 4.98 Å². The Morgan fingerprint density at radius 2 is 1.75 bits per heavy atom. The average molecular weight is 490 g/mol. The van der Waals surface area contributed by atoms with E-state index in [0.29, 0.717) is 38.0 Å². The van der Waals surface area contributed by atoms with Crippen LogP contribution in [0.5, 0.6) is 11.6 Å². The number of aromatic nitrogens is 3. The topological polar surface area (TPSA) is 88.6 Å². The van der Waals surface area contributed by atoms with E-state index in [9.17, 15) is 4.79 Å². The number of hydrogen-bond donors (Lipinski definition) is 0. The first-order valence-electron chi connectivity index (χ1n) is 12.1. The van der Waals surface area contributed by atoms with Gasteiger partial charge in [-0.3, -0.25) is 9.48 Å². The first kappa shape index (κ1) is 25.0. The summed E-state index contributed by atoms with van der Waals surface area (Å²) in [5.41, 5.74) is 3.51. The Hall–Kier alpha value is -4.07. The molecule has 0 saturated carbocycles. The summed E-state index contributed by atoms with van der Waals surface area (Å²) in [4.78, 5) is 16.4. The SMILES string of the molecule is CCOC(=O)CCc1cn(Cc2ccccc2OCc2nc(-c3ccccc3)oc2C)nc1OCC. The van der Waals surface area contributed by atoms with Crippen molar-refractivity contribution in [3.8, 4) is 23.1 Å². The van der Waals surface area contributed by atoms with Crippen LogP contribution < -0.4 is 9.47 Å². The van der Waals surface area contributed by atoms with Gasteiger partial charge in [-0.1, -0.05) is 36.4 Å². The van der Waals surface area contributed by atoms with Crippen LogP contribution in [0.3, 0.4) is 0 Å². The summed E-state index contributed by atoms with van der Waals surface area (Å²) in [6.45, 7) is 7.23. The predicted molar refractivity (Wildman–Crippen MR) is 135 cm³/mol. The number of benzene rings is 2. The van der Waals surface area contributed by atoms with Gasteiger partial charge in [0.25, 0.3) is 0 Å². The van der Waals surface area contributed by atoms with E-state index in [1.165, 1.54) is 0 Å². The van der Waals surface area contributed by atoms with Gasteiger partial charge in [-0.05, 0) is 45.4 Å². The fourth-order valence-electron chi connectivity index (χ4n) is 3.79. The molecule has 0 amide bonds. The van der Waals surface area contributed by atoms with Crippen molar-refractivity contribution in [2.24, 2.45) is 0 Å². The third-order valence-electron chi connectivity index (χ3n) is 5.57. The summed E-state index contributed by atoms with van der Waals surface area (Å²) < 4.78 is 24.6. The van der Waals surface area contributed by atoms with E-state index < -0.39 is 0 Å². The highest BCUT2D eigenvalue weighted by molar-refractivity contribution is 5.69. The van der Waals surface area contributed by atoms with E-state index in [1.54, 1.807) is 6.92 Å². The van der Waals surface area contributed by atoms with Crippen LogP contribution in [0.2, 0.25) is 0 Å². The monoisotopic (exact) mass is 489 g/mol. The van der Waals surface area contributed by atoms with Crippen molar-refractivity contribution in [1.29, 1.82) is 0 Å². The number of rotatable bonds is 12. The minimum atomic E-state index is -0.231. The quantitative estimate of drug-likeness (QED) is 0.247. The van der Waals surface area contributed by atoms with Crippen molar-refractivity contribution in [2.45, 2.75) is 46.8 Å². The van der Waals surface area contributed by atoms with Gasteiger partial charge in [0.1, 0.15) is 23.8 Å². The van der Waals surface area contributed by atoms with Gasteiger partial charge in [0.05, 0.1) is 19.8 Å². The zero-order chi connectivity index (χ0) is 25.3. The van der Waals surface area contributed by atoms with Crippen molar-refractivity contribution in [1.82, 2.24) is 14.8 Å². The molecular weight excluding hydrogens is 458 g/mol. The van der Waals surface area contributed by atoms with E-state index in [0.717, 1.165) is 33.9 Å². The lowest BCUT2D eigenvalue weighted by molar-refractivity contribution is -0.143. The second kappa shape index (κ2) is 12.1. The number of para-hydroxylation sites is 1. The lowest BCUT2D eigenvalue weighted by Gasteiger charge is -2.11. The highest BCUT2D eigenvalue weighted by Gasteiger charge is 2.16. The lowest BCUT2D eigenvalue weighted by Crippen LogP contribution is -2.05. The lowest BCUT2D eigenvalue weighted by atomic mass is 10.2. The number of nitrogens with zero attached hydrogens (tertiary/aromatic N) is 3. The third-order valence-corrected chi connectivity index (χ3v) is 5.57. The van der Waals surface area contributed by atoms with E-state index in [-0.39, 0.29) is 19.0 Å². The molecule has 36 heavy (non-hydrogen) atoms. The third kappa shape index (κ3) is 6.33. The van der Waals surface area contributed by atoms with Crippen LogP contribution in [0.15, 0.2) is 65.2 Å². The molecule has 0 atom stereocenters. The number of hydrogen-bond acceptors (Lipinski definition) is 7. The van der Waals surface area contributed by atoms with E-state index in [1.807, 2.05) is 79.3 Å². The van der Waals surface area contributed by atoms with Crippen LogP contribution in [0.4, 0.5) is 0 Å². The Bertz CT molecular complexity index is 1280. The molecule has 0 aliphatic rings. The Balaban J connectivity index is 1.46. The molecule has 8 heteroatoms. The molecule has 4 rings (SSSR count). The molecule has 0 aliphatic heterocycles. The second-order valence-corrected chi connectivity index (χ2v) is 8.18. The molecule has 0 aliphatic carbocycles.